The number of alkyl halides is 3. The molecule has 1 aromatic rings. The van der Waals surface area contributed by atoms with Crippen molar-refractivity contribution in [3.05, 3.63) is 26.9 Å². The second-order valence-corrected chi connectivity index (χ2v) is 6.10. The molecular formula is C13H16F3N3O6S. The number of nitrogens with one attached hydrogen (secondary N) is 1. The van der Waals surface area contributed by atoms with Crippen molar-refractivity contribution in [2.75, 3.05) is 13.7 Å². The summed E-state index contributed by atoms with van der Waals surface area (Å²) in [5.41, 5.74) is -1.07. The first-order valence-corrected chi connectivity index (χ1v) is 7.67. The average Bonchev–Trinajstić information content (AvgIpc) is 2.83. The number of hydrogen-bond donors (Lipinski definition) is 4. The Kier molecular flexibility index (Phi) is 5.87. The van der Waals surface area contributed by atoms with E-state index in [4.69, 9.17) is 22.1 Å². The van der Waals surface area contributed by atoms with Gasteiger partial charge in [-0.3, -0.25) is 19.1 Å². The lowest BCUT2D eigenvalue weighted by Gasteiger charge is -2.21. The summed E-state index contributed by atoms with van der Waals surface area (Å²) in [7, 11) is 0.869. The summed E-state index contributed by atoms with van der Waals surface area (Å²) in [6.45, 7) is -1.28. The summed E-state index contributed by atoms with van der Waals surface area (Å²) in [5, 5.41) is 28.9. The maximum atomic E-state index is 12.5. The van der Waals surface area contributed by atoms with Gasteiger partial charge in [0.1, 0.15) is 18.3 Å². The highest BCUT2D eigenvalue weighted by Gasteiger charge is 2.44. The van der Waals surface area contributed by atoms with E-state index < -0.39 is 55.3 Å². The van der Waals surface area contributed by atoms with Crippen LogP contribution in [0.25, 0.3) is 0 Å². The first-order valence-electron chi connectivity index (χ1n) is 7.26. The van der Waals surface area contributed by atoms with Crippen molar-refractivity contribution in [2.24, 2.45) is 0 Å². The average molecular weight is 399 g/mol. The number of aromatic nitrogens is 2. The fraction of sp³-hybridized carbons (Fsp3) is 0.615. The van der Waals surface area contributed by atoms with Gasteiger partial charge in [-0.25, -0.2) is 0 Å². The van der Waals surface area contributed by atoms with E-state index in [0.29, 0.717) is 4.90 Å². The molecule has 1 aliphatic heterocycles. The molecule has 1 aliphatic rings. The van der Waals surface area contributed by atoms with Crippen molar-refractivity contribution in [3.8, 4) is 0 Å². The van der Waals surface area contributed by atoms with Gasteiger partial charge in [0.2, 0.25) is 0 Å². The van der Waals surface area contributed by atoms with Crippen LogP contribution in [0.3, 0.4) is 0 Å². The third kappa shape index (κ3) is 3.96. The summed E-state index contributed by atoms with van der Waals surface area (Å²) < 4.78 is 43.5. The Hall–Kier alpha value is -1.80. The van der Waals surface area contributed by atoms with Crippen LogP contribution in [0.4, 0.5) is 13.2 Å². The van der Waals surface area contributed by atoms with E-state index in [1.807, 2.05) is 0 Å². The fourth-order valence-corrected chi connectivity index (χ4v) is 2.73. The number of rotatable bonds is 4. The lowest BCUT2D eigenvalue weighted by Crippen LogP contribution is -2.39. The van der Waals surface area contributed by atoms with Gasteiger partial charge in [0.05, 0.1) is 18.7 Å². The normalized spacial score (nSPS) is 26.1. The van der Waals surface area contributed by atoms with Gasteiger partial charge in [0, 0.05) is 13.2 Å². The van der Waals surface area contributed by atoms with Crippen molar-refractivity contribution in [1.29, 1.82) is 0 Å². The molecule has 13 heteroatoms. The Labute approximate surface area is 149 Å². The number of halogens is 3. The Bertz CT molecular complexity index is 795. The number of amides is 1. The lowest BCUT2D eigenvalue weighted by molar-refractivity contribution is -0.184. The highest BCUT2D eigenvalue weighted by Crippen LogP contribution is 2.29. The molecule has 1 fully saturated rings. The molecule has 0 spiro atoms. The number of carbonyl (C=O) groups is 1. The van der Waals surface area contributed by atoms with Gasteiger partial charge in [-0.1, -0.05) is 0 Å². The van der Waals surface area contributed by atoms with E-state index in [1.54, 1.807) is 0 Å². The summed E-state index contributed by atoms with van der Waals surface area (Å²) in [5.74, 6) is -2.14. The molecule has 0 aliphatic carbocycles. The molecule has 26 heavy (non-hydrogen) atoms. The maximum Gasteiger partial charge on any atom is 0.471 e. The highest BCUT2D eigenvalue weighted by atomic mass is 32.1. The quantitative estimate of drug-likeness (QED) is 0.480. The lowest BCUT2D eigenvalue weighted by atomic mass is 10.1. The van der Waals surface area contributed by atoms with Crippen LogP contribution in [0.2, 0.25) is 0 Å². The molecule has 4 atom stereocenters. The van der Waals surface area contributed by atoms with Crippen LogP contribution in [-0.2, 0) is 16.1 Å². The van der Waals surface area contributed by atoms with Crippen molar-refractivity contribution >= 4 is 18.1 Å². The standard InChI is InChI=1S/C13H16F3N3O6S/c1-18(11(24)13(14,15)16)2-5-3-19(12(26)17-9(5)23)10-8(22)7(21)6(4-20)25-10/h3,6-8,10,20-22H,2,4H2,1H3,(H,17,23,26)/t6-,7?,8+,10-/m1/s1. The van der Waals surface area contributed by atoms with Crippen LogP contribution in [0.15, 0.2) is 11.0 Å². The minimum absolute atomic E-state index is 0.224. The Morgan fingerprint density at radius 2 is 2.04 bits per heavy atom. The number of nitrogens with zero attached hydrogens (tertiary/aromatic N) is 2. The van der Waals surface area contributed by atoms with Crippen molar-refractivity contribution in [2.45, 2.75) is 37.3 Å². The van der Waals surface area contributed by atoms with E-state index >= 15 is 0 Å². The maximum absolute atomic E-state index is 12.5. The van der Waals surface area contributed by atoms with Crippen molar-refractivity contribution in [3.63, 3.8) is 0 Å². The van der Waals surface area contributed by atoms with Crippen molar-refractivity contribution < 1.29 is 38.0 Å². The second kappa shape index (κ2) is 7.44. The molecule has 0 radical (unpaired) electrons. The molecule has 146 valence electrons. The molecule has 0 aromatic carbocycles. The number of ether oxygens (including phenoxy) is 1. The Morgan fingerprint density at radius 1 is 1.42 bits per heavy atom. The molecule has 1 unspecified atom stereocenters. The number of aromatic amines is 1. The smallest absolute Gasteiger partial charge is 0.394 e. The van der Waals surface area contributed by atoms with Gasteiger partial charge in [-0.2, -0.15) is 13.2 Å². The molecule has 0 bridgehead atoms. The minimum Gasteiger partial charge on any atom is -0.394 e. The molecule has 1 saturated heterocycles. The molecular weight excluding hydrogens is 383 g/mol. The first kappa shape index (κ1) is 20.5. The first-order chi connectivity index (χ1) is 12.0. The van der Waals surface area contributed by atoms with E-state index in [9.17, 15) is 33.0 Å². The predicted octanol–water partition coefficient (Wildman–Crippen LogP) is -0.962. The predicted molar refractivity (Wildman–Crippen MR) is 81.4 cm³/mol. The summed E-state index contributed by atoms with van der Waals surface area (Å²) in [4.78, 5) is 25.6. The Balaban J connectivity index is 2.34. The van der Waals surface area contributed by atoms with E-state index in [0.717, 1.165) is 17.8 Å². The fourth-order valence-electron chi connectivity index (χ4n) is 2.48. The summed E-state index contributed by atoms with van der Waals surface area (Å²) in [6.07, 6.45) is -9.40. The van der Waals surface area contributed by atoms with Gasteiger partial charge >= 0.3 is 12.1 Å². The number of carbonyl (C=O) groups excluding carboxylic acids is 1. The zero-order valence-electron chi connectivity index (χ0n) is 13.3. The highest BCUT2D eigenvalue weighted by molar-refractivity contribution is 7.71. The zero-order valence-corrected chi connectivity index (χ0v) is 14.1. The van der Waals surface area contributed by atoms with Crippen LogP contribution in [0, 0.1) is 4.77 Å². The van der Waals surface area contributed by atoms with E-state index in [2.05, 4.69) is 4.98 Å². The van der Waals surface area contributed by atoms with Gasteiger partial charge in [0.15, 0.2) is 11.0 Å². The minimum atomic E-state index is -5.10. The second-order valence-electron chi connectivity index (χ2n) is 5.71. The van der Waals surface area contributed by atoms with Crippen molar-refractivity contribution in [1.82, 2.24) is 14.5 Å². The van der Waals surface area contributed by atoms with E-state index in [1.165, 1.54) is 0 Å². The van der Waals surface area contributed by atoms with Crippen LogP contribution < -0.4 is 5.56 Å². The number of hydrogen-bond acceptors (Lipinski definition) is 7. The molecule has 1 amide bonds. The monoisotopic (exact) mass is 399 g/mol. The summed E-state index contributed by atoms with van der Waals surface area (Å²) in [6, 6.07) is 0. The summed E-state index contributed by atoms with van der Waals surface area (Å²) >= 11 is 4.94. The van der Waals surface area contributed by atoms with Gasteiger partial charge in [-0.15, -0.1) is 0 Å². The van der Waals surface area contributed by atoms with E-state index in [-0.39, 0.29) is 10.3 Å². The zero-order chi connectivity index (χ0) is 19.8. The van der Waals surface area contributed by atoms with Gasteiger partial charge < -0.3 is 25.0 Å². The Morgan fingerprint density at radius 3 is 2.54 bits per heavy atom. The third-order valence-corrected chi connectivity index (χ3v) is 4.14. The van der Waals surface area contributed by atoms with Crippen LogP contribution >= 0.6 is 12.2 Å². The molecule has 9 nitrogen and oxygen atoms in total. The molecule has 4 N–H and O–H groups in total. The topological polar surface area (TPSA) is 128 Å². The van der Waals surface area contributed by atoms with Gasteiger partial charge in [0.25, 0.3) is 5.56 Å². The van der Waals surface area contributed by atoms with Crippen LogP contribution in [0.1, 0.15) is 11.8 Å². The SMILES string of the molecule is CN(Cc1cn([C@@H]2O[C@H](CO)C(O)[C@@H]2O)c(=S)[nH]c1=O)C(=O)C(F)(F)F. The molecule has 1 aromatic heterocycles. The van der Waals surface area contributed by atoms with Gasteiger partial charge in [-0.05, 0) is 12.2 Å². The van der Waals surface area contributed by atoms with Crippen LogP contribution in [0.5, 0.6) is 0 Å². The third-order valence-electron chi connectivity index (χ3n) is 3.83. The molecule has 2 heterocycles. The number of aliphatic hydroxyl groups is 3. The molecule has 2 rings (SSSR count). The number of H-pyrrole nitrogens is 1. The van der Waals surface area contributed by atoms with Crippen LogP contribution in [-0.4, -0.2) is 73.8 Å². The molecule has 0 saturated carbocycles. The largest absolute Gasteiger partial charge is 0.471 e. The number of aliphatic hydroxyl groups excluding tert-OH is 3.